The van der Waals surface area contributed by atoms with E-state index in [1.54, 1.807) is 0 Å². The molecule has 0 amide bonds. The van der Waals surface area contributed by atoms with Gasteiger partial charge in [-0.1, -0.05) is 60.7 Å². The average Bonchev–Trinajstić information content (AvgIpc) is 2.87. The van der Waals surface area contributed by atoms with E-state index < -0.39 is 11.9 Å². The first-order valence-corrected chi connectivity index (χ1v) is 10.9. The maximum absolute atomic E-state index is 12.9. The van der Waals surface area contributed by atoms with Gasteiger partial charge < -0.3 is 18.9 Å². The Morgan fingerprint density at radius 1 is 0.656 bits per heavy atom. The molecule has 0 saturated heterocycles. The van der Waals surface area contributed by atoms with E-state index in [4.69, 9.17) is 18.9 Å². The van der Waals surface area contributed by atoms with Gasteiger partial charge in [-0.3, -0.25) is 0 Å². The molecule has 0 unspecified atom stereocenters. The predicted molar refractivity (Wildman–Crippen MR) is 117 cm³/mol. The Balaban J connectivity index is 1.54. The number of ether oxygens (including phenoxy) is 4. The highest BCUT2D eigenvalue weighted by Crippen LogP contribution is 2.33. The number of carbonyl (C=O) groups is 2. The summed E-state index contributed by atoms with van der Waals surface area (Å²) in [5.74, 6) is -0.300. The van der Waals surface area contributed by atoms with Crippen LogP contribution in [0.15, 0.2) is 83.3 Å². The van der Waals surface area contributed by atoms with Gasteiger partial charge in [0, 0.05) is 0 Å². The van der Waals surface area contributed by atoms with Crippen molar-refractivity contribution >= 4 is 11.9 Å². The van der Waals surface area contributed by atoms with Gasteiger partial charge >= 0.3 is 11.9 Å². The molecule has 166 valence electrons. The van der Waals surface area contributed by atoms with Crippen molar-refractivity contribution in [3.05, 3.63) is 94.5 Å². The van der Waals surface area contributed by atoms with Gasteiger partial charge in [-0.2, -0.15) is 0 Å². The molecular formula is C26H26O6. The lowest BCUT2D eigenvalue weighted by Gasteiger charge is -2.26. The van der Waals surface area contributed by atoms with Crippen LogP contribution in [0, 0.1) is 0 Å². The summed E-state index contributed by atoms with van der Waals surface area (Å²) in [7, 11) is 0. The largest absolute Gasteiger partial charge is 0.489 e. The summed E-state index contributed by atoms with van der Waals surface area (Å²) in [6.07, 6.45) is 2.39. The lowest BCUT2D eigenvalue weighted by Crippen LogP contribution is -2.23. The lowest BCUT2D eigenvalue weighted by atomic mass is 10.00. The van der Waals surface area contributed by atoms with E-state index in [1.165, 1.54) is 0 Å². The zero-order valence-electron chi connectivity index (χ0n) is 17.9. The van der Waals surface area contributed by atoms with Crippen molar-refractivity contribution < 1.29 is 28.5 Å². The molecule has 0 saturated carbocycles. The molecule has 0 N–H and O–H groups in total. The predicted octanol–water partition coefficient (Wildman–Crippen LogP) is 4.60. The zero-order chi connectivity index (χ0) is 22.2. The van der Waals surface area contributed by atoms with Crippen LogP contribution in [0.1, 0.15) is 36.8 Å². The minimum absolute atomic E-state index is 0.169. The quantitative estimate of drug-likeness (QED) is 0.593. The highest BCUT2D eigenvalue weighted by atomic mass is 16.6. The smallest absolute Gasteiger partial charge is 0.338 e. The summed E-state index contributed by atoms with van der Waals surface area (Å²) in [6, 6.07) is 19.0. The van der Waals surface area contributed by atoms with Crippen molar-refractivity contribution in [2.24, 2.45) is 0 Å². The molecule has 6 heteroatoms. The first-order chi connectivity index (χ1) is 15.7. The van der Waals surface area contributed by atoms with Gasteiger partial charge in [0.05, 0.1) is 24.4 Å². The number of rotatable bonds is 7. The van der Waals surface area contributed by atoms with Crippen molar-refractivity contribution in [2.45, 2.75) is 38.9 Å². The Labute approximate surface area is 187 Å². The Morgan fingerprint density at radius 3 is 1.47 bits per heavy atom. The van der Waals surface area contributed by atoms with Gasteiger partial charge in [0.15, 0.2) is 11.5 Å². The summed E-state index contributed by atoms with van der Waals surface area (Å²) in [6.45, 7) is 1.23. The second-order valence-corrected chi connectivity index (χ2v) is 7.64. The van der Waals surface area contributed by atoms with Crippen LogP contribution in [0.3, 0.4) is 0 Å². The molecule has 0 spiro atoms. The molecular weight excluding hydrogens is 408 g/mol. The fourth-order valence-electron chi connectivity index (χ4n) is 3.66. The van der Waals surface area contributed by atoms with Gasteiger partial charge in [-0.25, -0.2) is 9.59 Å². The fraction of sp³-hybridized carbons (Fsp3) is 0.308. The summed E-state index contributed by atoms with van der Waals surface area (Å²) >= 11 is 0. The Hall–Kier alpha value is -3.54. The van der Waals surface area contributed by atoms with E-state index in [9.17, 15) is 9.59 Å². The lowest BCUT2D eigenvalue weighted by molar-refractivity contribution is -0.142. The van der Waals surface area contributed by atoms with Gasteiger partial charge in [0.1, 0.15) is 13.2 Å². The van der Waals surface area contributed by atoms with Gasteiger partial charge in [-0.15, -0.1) is 0 Å². The molecule has 0 aliphatic carbocycles. The third-order valence-corrected chi connectivity index (χ3v) is 5.31. The molecule has 2 aliphatic heterocycles. The van der Waals surface area contributed by atoms with Crippen molar-refractivity contribution in [2.75, 3.05) is 13.2 Å². The molecule has 0 aromatic heterocycles. The topological polar surface area (TPSA) is 71.1 Å². The minimum Gasteiger partial charge on any atom is -0.489 e. The van der Waals surface area contributed by atoms with E-state index >= 15 is 0 Å². The van der Waals surface area contributed by atoms with Gasteiger partial charge in [0.2, 0.25) is 0 Å². The molecule has 6 nitrogen and oxygen atoms in total. The molecule has 4 rings (SSSR count). The van der Waals surface area contributed by atoms with Crippen LogP contribution in [-0.2, 0) is 41.8 Å². The SMILES string of the molecule is O=C(OCc1ccccc1)C1=C(C2=C(C(=O)OCc3ccccc3)CCCO2)OCCC1. The van der Waals surface area contributed by atoms with Crippen molar-refractivity contribution in [3.8, 4) is 0 Å². The highest BCUT2D eigenvalue weighted by Gasteiger charge is 2.32. The third-order valence-electron chi connectivity index (χ3n) is 5.31. The molecule has 0 bridgehead atoms. The van der Waals surface area contributed by atoms with Crippen LogP contribution in [0.2, 0.25) is 0 Å². The van der Waals surface area contributed by atoms with Crippen LogP contribution >= 0.6 is 0 Å². The Morgan fingerprint density at radius 2 is 1.06 bits per heavy atom. The summed E-state index contributed by atoms with van der Waals surface area (Å²) < 4.78 is 22.7. The maximum Gasteiger partial charge on any atom is 0.338 e. The third kappa shape index (κ3) is 5.38. The molecule has 2 aliphatic rings. The van der Waals surface area contributed by atoms with E-state index in [2.05, 4.69) is 0 Å². The summed E-state index contributed by atoms with van der Waals surface area (Å²) in [5.41, 5.74) is 2.60. The van der Waals surface area contributed by atoms with Crippen molar-refractivity contribution in [1.82, 2.24) is 0 Å². The van der Waals surface area contributed by atoms with Crippen LogP contribution in [-0.4, -0.2) is 25.2 Å². The second-order valence-electron chi connectivity index (χ2n) is 7.64. The first-order valence-electron chi connectivity index (χ1n) is 10.9. The van der Waals surface area contributed by atoms with E-state index in [-0.39, 0.29) is 13.2 Å². The number of carbonyl (C=O) groups excluding carboxylic acids is 2. The average molecular weight is 434 g/mol. The molecule has 0 atom stereocenters. The normalized spacial score (nSPS) is 16.1. The van der Waals surface area contributed by atoms with Crippen LogP contribution < -0.4 is 0 Å². The number of hydrogen-bond donors (Lipinski definition) is 0. The van der Waals surface area contributed by atoms with Gasteiger partial charge in [0.25, 0.3) is 0 Å². The summed E-state index contributed by atoms with van der Waals surface area (Å²) in [4.78, 5) is 25.7. The van der Waals surface area contributed by atoms with E-state index in [0.29, 0.717) is 61.6 Å². The van der Waals surface area contributed by atoms with Crippen LogP contribution in [0.5, 0.6) is 0 Å². The van der Waals surface area contributed by atoms with Gasteiger partial charge in [-0.05, 0) is 36.8 Å². The molecule has 32 heavy (non-hydrogen) atoms. The van der Waals surface area contributed by atoms with Crippen molar-refractivity contribution in [3.63, 3.8) is 0 Å². The number of hydrogen-bond acceptors (Lipinski definition) is 6. The van der Waals surface area contributed by atoms with E-state index in [1.807, 2.05) is 60.7 Å². The highest BCUT2D eigenvalue weighted by molar-refractivity contribution is 5.93. The second kappa shape index (κ2) is 10.7. The Kier molecular flexibility index (Phi) is 7.23. The zero-order valence-corrected chi connectivity index (χ0v) is 17.9. The Bertz CT molecular complexity index is 924. The summed E-state index contributed by atoms with van der Waals surface area (Å²) in [5, 5.41) is 0. The monoisotopic (exact) mass is 434 g/mol. The van der Waals surface area contributed by atoms with Crippen molar-refractivity contribution in [1.29, 1.82) is 0 Å². The van der Waals surface area contributed by atoms with E-state index in [0.717, 1.165) is 11.1 Å². The first kappa shape index (κ1) is 21.7. The number of benzene rings is 2. The van der Waals surface area contributed by atoms with Crippen LogP contribution in [0.25, 0.3) is 0 Å². The maximum atomic E-state index is 12.9. The van der Waals surface area contributed by atoms with Crippen LogP contribution in [0.4, 0.5) is 0 Å². The standard InChI is InChI=1S/C26H26O6/c27-25(31-17-19-9-3-1-4-10-19)21-13-7-15-29-23(21)24-22(14-8-16-30-24)26(28)32-18-20-11-5-2-6-12-20/h1-6,9-12H,7-8,13-18H2. The minimum atomic E-state index is -0.456. The molecule has 2 heterocycles. The number of esters is 2. The fourth-order valence-corrected chi connectivity index (χ4v) is 3.66. The molecule has 2 aromatic carbocycles. The molecule has 0 radical (unpaired) electrons. The molecule has 0 fully saturated rings. The molecule has 2 aromatic rings.